The van der Waals surface area contributed by atoms with Crippen LogP contribution in [0.15, 0.2) is 62.8 Å². The van der Waals surface area contributed by atoms with Crippen molar-refractivity contribution >= 4 is 33.7 Å². The lowest BCUT2D eigenvalue weighted by molar-refractivity contribution is 0.0693. The zero-order valence-electron chi connectivity index (χ0n) is 8.76. The Morgan fingerprint density at radius 2 is 1.82 bits per heavy atom. The molecule has 0 unspecified atom stereocenters. The third kappa shape index (κ3) is 3.11. The van der Waals surface area contributed by atoms with Gasteiger partial charge in [-0.3, -0.25) is 0 Å². The smallest absolute Gasteiger partial charge is 0.336 e. The van der Waals surface area contributed by atoms with Crippen LogP contribution in [0.4, 0.5) is 0 Å². The van der Waals surface area contributed by atoms with Gasteiger partial charge in [-0.1, -0.05) is 45.9 Å². The molecular weight excluding hydrogens is 300 g/mol. The molecule has 0 heterocycles. The minimum absolute atomic E-state index is 0.321. The summed E-state index contributed by atoms with van der Waals surface area (Å²) in [6.07, 6.45) is 0. The molecule has 1 N–H and O–H groups in total. The number of carboxylic acid groups (broad SMARTS) is 1. The van der Waals surface area contributed by atoms with Crippen molar-refractivity contribution in [1.29, 1.82) is 0 Å². The van der Waals surface area contributed by atoms with Crippen molar-refractivity contribution in [2.24, 2.45) is 0 Å². The fourth-order valence-electron chi connectivity index (χ4n) is 1.37. The van der Waals surface area contributed by atoms with Gasteiger partial charge >= 0.3 is 5.97 Å². The molecule has 2 rings (SSSR count). The first kappa shape index (κ1) is 12.2. The van der Waals surface area contributed by atoms with Gasteiger partial charge in [-0.15, -0.1) is 0 Å². The maximum atomic E-state index is 11.1. The van der Waals surface area contributed by atoms with Gasteiger partial charge < -0.3 is 5.11 Å². The molecule has 86 valence electrons. The van der Waals surface area contributed by atoms with Crippen LogP contribution in [0, 0.1) is 0 Å². The molecule has 4 heteroatoms. The molecule has 17 heavy (non-hydrogen) atoms. The Morgan fingerprint density at radius 1 is 1.12 bits per heavy atom. The molecule has 0 atom stereocenters. The van der Waals surface area contributed by atoms with E-state index >= 15 is 0 Å². The lowest BCUT2D eigenvalue weighted by Crippen LogP contribution is -1.98. The zero-order chi connectivity index (χ0) is 12.3. The van der Waals surface area contributed by atoms with Gasteiger partial charge in [0.1, 0.15) is 0 Å². The lowest BCUT2D eigenvalue weighted by atomic mass is 10.2. The average molecular weight is 309 g/mol. The second-order valence-corrected chi connectivity index (χ2v) is 5.39. The van der Waals surface area contributed by atoms with Gasteiger partial charge in [-0.2, -0.15) is 0 Å². The van der Waals surface area contributed by atoms with E-state index in [0.29, 0.717) is 5.56 Å². The van der Waals surface area contributed by atoms with Crippen molar-refractivity contribution < 1.29 is 9.90 Å². The van der Waals surface area contributed by atoms with Crippen LogP contribution in [0.5, 0.6) is 0 Å². The van der Waals surface area contributed by atoms with Crippen LogP contribution in [-0.4, -0.2) is 11.1 Å². The van der Waals surface area contributed by atoms with Crippen molar-refractivity contribution in [1.82, 2.24) is 0 Å². The standard InChI is InChI=1S/C13H9BrO2S/c14-9-6-7-11(13(15)16)12(8-9)17-10-4-2-1-3-5-10/h1-8H,(H,15,16). The maximum Gasteiger partial charge on any atom is 0.336 e. The van der Waals surface area contributed by atoms with Gasteiger partial charge in [0.2, 0.25) is 0 Å². The fraction of sp³-hybridized carbons (Fsp3) is 0. The Bertz CT molecular complexity index is 540. The Hall–Kier alpha value is -1.26. The van der Waals surface area contributed by atoms with E-state index in [9.17, 15) is 4.79 Å². The first-order valence-corrected chi connectivity index (χ1v) is 6.53. The molecule has 0 aromatic heterocycles. The highest BCUT2D eigenvalue weighted by Crippen LogP contribution is 2.32. The van der Waals surface area contributed by atoms with E-state index in [1.165, 1.54) is 11.8 Å². The van der Waals surface area contributed by atoms with Crippen molar-refractivity contribution in [2.75, 3.05) is 0 Å². The molecule has 0 fully saturated rings. The number of rotatable bonds is 3. The van der Waals surface area contributed by atoms with Crippen molar-refractivity contribution in [3.63, 3.8) is 0 Å². The SMILES string of the molecule is O=C(O)c1ccc(Br)cc1Sc1ccccc1. The molecule has 0 aliphatic carbocycles. The molecule has 0 spiro atoms. The first-order chi connectivity index (χ1) is 8.16. The second-order valence-electron chi connectivity index (χ2n) is 3.36. The van der Waals surface area contributed by atoms with Gasteiger partial charge in [-0.25, -0.2) is 4.79 Å². The Kier molecular flexibility index (Phi) is 3.86. The summed E-state index contributed by atoms with van der Waals surface area (Å²) >= 11 is 4.80. The van der Waals surface area contributed by atoms with Gasteiger partial charge in [0.25, 0.3) is 0 Å². The van der Waals surface area contributed by atoms with E-state index in [2.05, 4.69) is 15.9 Å². The lowest BCUT2D eigenvalue weighted by Gasteiger charge is -2.06. The zero-order valence-corrected chi connectivity index (χ0v) is 11.2. The van der Waals surface area contributed by atoms with E-state index in [1.54, 1.807) is 12.1 Å². The Morgan fingerprint density at radius 3 is 2.47 bits per heavy atom. The molecule has 2 aromatic rings. The van der Waals surface area contributed by atoms with E-state index < -0.39 is 5.97 Å². The quantitative estimate of drug-likeness (QED) is 0.918. The van der Waals surface area contributed by atoms with E-state index in [1.807, 2.05) is 36.4 Å². The predicted octanol–water partition coefficient (Wildman–Crippen LogP) is 4.30. The maximum absolute atomic E-state index is 11.1. The molecule has 0 radical (unpaired) electrons. The summed E-state index contributed by atoms with van der Waals surface area (Å²) < 4.78 is 0.876. The molecule has 0 aliphatic rings. The van der Waals surface area contributed by atoms with Gasteiger partial charge in [0.05, 0.1) is 5.56 Å². The molecule has 0 saturated heterocycles. The summed E-state index contributed by atoms with van der Waals surface area (Å²) in [5.41, 5.74) is 0.321. The van der Waals surface area contributed by atoms with Crippen LogP contribution in [0.3, 0.4) is 0 Å². The van der Waals surface area contributed by atoms with E-state index in [-0.39, 0.29) is 0 Å². The average Bonchev–Trinajstić information content (AvgIpc) is 2.30. The second kappa shape index (κ2) is 5.38. The third-order valence-corrected chi connectivity index (χ3v) is 3.70. The Balaban J connectivity index is 2.37. The number of halogens is 1. The van der Waals surface area contributed by atoms with Crippen LogP contribution in [-0.2, 0) is 0 Å². The van der Waals surface area contributed by atoms with Crippen LogP contribution >= 0.6 is 27.7 Å². The highest BCUT2D eigenvalue weighted by atomic mass is 79.9. The molecule has 2 aromatic carbocycles. The highest BCUT2D eigenvalue weighted by molar-refractivity contribution is 9.10. The van der Waals surface area contributed by atoms with Crippen LogP contribution in [0.25, 0.3) is 0 Å². The largest absolute Gasteiger partial charge is 0.478 e. The molecule has 2 nitrogen and oxygen atoms in total. The monoisotopic (exact) mass is 308 g/mol. The fourth-order valence-corrected chi connectivity index (χ4v) is 2.88. The minimum Gasteiger partial charge on any atom is -0.478 e. The topological polar surface area (TPSA) is 37.3 Å². The van der Waals surface area contributed by atoms with E-state index in [0.717, 1.165) is 14.3 Å². The summed E-state index contributed by atoms with van der Waals surface area (Å²) in [6, 6.07) is 14.9. The van der Waals surface area contributed by atoms with Crippen LogP contribution < -0.4 is 0 Å². The van der Waals surface area contributed by atoms with Crippen LogP contribution in [0.2, 0.25) is 0 Å². The van der Waals surface area contributed by atoms with Crippen molar-refractivity contribution in [3.8, 4) is 0 Å². The van der Waals surface area contributed by atoms with Crippen molar-refractivity contribution in [3.05, 3.63) is 58.6 Å². The number of carboxylic acids is 1. The first-order valence-electron chi connectivity index (χ1n) is 4.92. The van der Waals surface area contributed by atoms with Crippen molar-refractivity contribution in [2.45, 2.75) is 9.79 Å². The number of hydrogen-bond acceptors (Lipinski definition) is 2. The molecule has 0 bridgehead atoms. The summed E-state index contributed by atoms with van der Waals surface area (Å²) in [5.74, 6) is -0.907. The van der Waals surface area contributed by atoms with Crippen LogP contribution in [0.1, 0.15) is 10.4 Å². The predicted molar refractivity (Wildman–Crippen MR) is 71.7 cm³/mol. The molecule has 0 saturated carbocycles. The summed E-state index contributed by atoms with van der Waals surface area (Å²) in [7, 11) is 0. The number of carbonyl (C=O) groups is 1. The summed E-state index contributed by atoms with van der Waals surface area (Å²) in [5, 5.41) is 9.11. The normalized spacial score (nSPS) is 10.2. The molecular formula is C13H9BrO2S. The van der Waals surface area contributed by atoms with Gasteiger partial charge in [-0.05, 0) is 30.3 Å². The number of aromatic carboxylic acids is 1. The Labute approximate surface area is 112 Å². The highest BCUT2D eigenvalue weighted by Gasteiger charge is 2.11. The number of hydrogen-bond donors (Lipinski definition) is 1. The van der Waals surface area contributed by atoms with Gasteiger partial charge in [0, 0.05) is 14.3 Å². The summed E-state index contributed by atoms with van der Waals surface area (Å²) in [6.45, 7) is 0. The third-order valence-electron chi connectivity index (χ3n) is 2.15. The molecule has 0 amide bonds. The minimum atomic E-state index is -0.907. The van der Waals surface area contributed by atoms with E-state index in [4.69, 9.17) is 5.11 Å². The van der Waals surface area contributed by atoms with Gasteiger partial charge in [0.15, 0.2) is 0 Å². The number of benzene rings is 2. The summed E-state index contributed by atoms with van der Waals surface area (Å²) in [4.78, 5) is 12.9. The molecule has 0 aliphatic heterocycles.